The molecule has 1 saturated carbocycles. The first-order valence-electron chi connectivity index (χ1n) is 12.4. The number of aromatic nitrogens is 3. The Hall–Kier alpha value is -3.09. The molecule has 2 fully saturated rings. The Morgan fingerprint density at radius 3 is 2.68 bits per heavy atom. The molecule has 1 aliphatic heterocycles. The minimum atomic E-state index is 0.353. The average Bonchev–Trinajstić information content (AvgIpc) is 3.30. The fourth-order valence-electron chi connectivity index (χ4n) is 5.50. The summed E-state index contributed by atoms with van der Waals surface area (Å²) in [4.78, 5) is 8.76. The third-order valence-corrected chi connectivity index (χ3v) is 7.61. The summed E-state index contributed by atoms with van der Waals surface area (Å²) in [6, 6.07) is 13.8. The fraction of sp³-hybridized carbons (Fsp3) is 0.393. The second kappa shape index (κ2) is 8.93. The topological polar surface area (TPSA) is 60.2 Å². The molecule has 1 saturated heterocycles. The standard InChI is InChI=1S/C28H33N5O/c1-19-13-27(34-2)25(24-9-10-29-28(19)24)17-33-12-11-32(16-20-3-4-20)18-26(33)22-7-5-21(6-8-22)23-14-30-31-15-23/h5-10,13-15,20,26,29H,3-4,11-12,16-18H2,1-2H3,(H,30,31)/t26-/m0/s1. The van der Waals surface area contributed by atoms with E-state index >= 15 is 0 Å². The molecule has 1 atom stereocenters. The lowest BCUT2D eigenvalue weighted by Crippen LogP contribution is -2.48. The van der Waals surface area contributed by atoms with E-state index in [2.05, 4.69) is 68.3 Å². The first-order valence-corrected chi connectivity index (χ1v) is 12.4. The first kappa shape index (κ1) is 21.4. The van der Waals surface area contributed by atoms with Crippen molar-refractivity contribution in [3.8, 4) is 16.9 Å². The van der Waals surface area contributed by atoms with Crippen molar-refractivity contribution in [2.24, 2.45) is 5.92 Å². The van der Waals surface area contributed by atoms with Crippen LogP contribution in [-0.2, 0) is 6.54 Å². The molecule has 0 bridgehead atoms. The summed E-state index contributed by atoms with van der Waals surface area (Å²) in [6.07, 6.45) is 8.67. The zero-order valence-corrected chi connectivity index (χ0v) is 20.1. The summed E-state index contributed by atoms with van der Waals surface area (Å²) in [5, 5.41) is 8.29. The van der Waals surface area contributed by atoms with E-state index < -0.39 is 0 Å². The van der Waals surface area contributed by atoms with Crippen LogP contribution in [0.1, 0.15) is 35.6 Å². The van der Waals surface area contributed by atoms with Crippen molar-refractivity contribution in [1.82, 2.24) is 25.0 Å². The number of hydrogen-bond acceptors (Lipinski definition) is 4. The highest BCUT2D eigenvalue weighted by atomic mass is 16.5. The molecule has 0 radical (unpaired) electrons. The second-order valence-electron chi connectivity index (χ2n) is 9.94. The van der Waals surface area contributed by atoms with Crippen LogP contribution in [0.15, 0.2) is 55.0 Å². The lowest BCUT2D eigenvalue weighted by Gasteiger charge is -2.42. The third kappa shape index (κ3) is 4.12. The molecule has 0 unspecified atom stereocenters. The fourth-order valence-corrected chi connectivity index (χ4v) is 5.50. The van der Waals surface area contributed by atoms with Crippen LogP contribution in [0.5, 0.6) is 5.75 Å². The molecular formula is C28H33N5O. The van der Waals surface area contributed by atoms with Crippen LogP contribution in [0.25, 0.3) is 22.0 Å². The van der Waals surface area contributed by atoms with Crippen molar-refractivity contribution in [2.75, 3.05) is 33.3 Å². The summed E-state index contributed by atoms with van der Waals surface area (Å²) >= 11 is 0. The van der Waals surface area contributed by atoms with Crippen LogP contribution < -0.4 is 4.74 Å². The van der Waals surface area contributed by atoms with Gasteiger partial charge in [0.25, 0.3) is 0 Å². The molecule has 6 nitrogen and oxygen atoms in total. The Kier molecular flexibility index (Phi) is 5.63. The number of H-pyrrole nitrogens is 2. The van der Waals surface area contributed by atoms with Gasteiger partial charge in [-0.05, 0) is 54.5 Å². The molecule has 6 rings (SSSR count). The predicted molar refractivity (Wildman–Crippen MR) is 136 cm³/mol. The van der Waals surface area contributed by atoms with Gasteiger partial charge in [0, 0.05) is 73.2 Å². The van der Waals surface area contributed by atoms with Crippen LogP contribution >= 0.6 is 0 Å². The molecule has 0 amide bonds. The molecule has 2 aromatic heterocycles. The SMILES string of the molecule is COc1cc(C)c2[nH]ccc2c1CN1CCN(CC2CC2)C[C@H]1c1ccc(-c2cn[nH]c2)cc1. The lowest BCUT2D eigenvalue weighted by atomic mass is 9.97. The number of benzene rings is 2. The molecule has 2 aromatic carbocycles. The van der Waals surface area contributed by atoms with E-state index in [4.69, 9.17) is 4.74 Å². The Balaban J connectivity index is 1.32. The average molecular weight is 456 g/mol. The van der Waals surface area contributed by atoms with E-state index in [1.165, 1.54) is 52.5 Å². The zero-order chi connectivity index (χ0) is 23.1. The van der Waals surface area contributed by atoms with Crippen LogP contribution in [-0.4, -0.2) is 58.3 Å². The number of aromatic amines is 2. The van der Waals surface area contributed by atoms with Gasteiger partial charge >= 0.3 is 0 Å². The predicted octanol–water partition coefficient (Wildman–Crippen LogP) is 5.14. The Labute approximate surface area is 200 Å². The summed E-state index contributed by atoms with van der Waals surface area (Å²) in [5.41, 5.74) is 7.42. The van der Waals surface area contributed by atoms with E-state index in [1.807, 2.05) is 18.6 Å². The van der Waals surface area contributed by atoms with Crippen molar-refractivity contribution in [1.29, 1.82) is 0 Å². The van der Waals surface area contributed by atoms with Gasteiger partial charge in [0.05, 0.1) is 13.3 Å². The van der Waals surface area contributed by atoms with Gasteiger partial charge in [-0.2, -0.15) is 5.10 Å². The summed E-state index contributed by atoms with van der Waals surface area (Å²) in [5.74, 6) is 1.89. The molecule has 2 aliphatic rings. The highest BCUT2D eigenvalue weighted by Crippen LogP contribution is 2.37. The van der Waals surface area contributed by atoms with Crippen LogP contribution in [0.3, 0.4) is 0 Å². The number of nitrogens with zero attached hydrogens (tertiary/aromatic N) is 3. The molecule has 2 N–H and O–H groups in total. The van der Waals surface area contributed by atoms with Gasteiger partial charge in [-0.1, -0.05) is 24.3 Å². The van der Waals surface area contributed by atoms with Gasteiger partial charge in [0.15, 0.2) is 0 Å². The number of methoxy groups -OCH3 is 1. The largest absolute Gasteiger partial charge is 0.496 e. The molecular weight excluding hydrogens is 422 g/mol. The molecule has 6 heteroatoms. The monoisotopic (exact) mass is 455 g/mol. The van der Waals surface area contributed by atoms with Crippen molar-refractivity contribution in [2.45, 2.75) is 32.4 Å². The van der Waals surface area contributed by atoms with Crippen molar-refractivity contribution >= 4 is 10.9 Å². The number of hydrogen-bond donors (Lipinski definition) is 2. The van der Waals surface area contributed by atoms with Gasteiger partial charge in [-0.25, -0.2) is 0 Å². The quantitative estimate of drug-likeness (QED) is 0.405. The van der Waals surface area contributed by atoms with Gasteiger partial charge in [0.2, 0.25) is 0 Å². The molecule has 176 valence electrons. The van der Waals surface area contributed by atoms with E-state index in [1.54, 1.807) is 7.11 Å². The molecule has 3 heterocycles. The summed E-state index contributed by atoms with van der Waals surface area (Å²) < 4.78 is 5.87. The van der Waals surface area contributed by atoms with E-state index in [-0.39, 0.29) is 0 Å². The Bertz CT molecular complexity index is 1260. The van der Waals surface area contributed by atoms with Crippen LogP contribution in [0.2, 0.25) is 0 Å². The Morgan fingerprint density at radius 1 is 1.09 bits per heavy atom. The lowest BCUT2D eigenvalue weighted by molar-refractivity contribution is 0.0650. The molecule has 34 heavy (non-hydrogen) atoms. The maximum absolute atomic E-state index is 5.87. The zero-order valence-electron chi connectivity index (χ0n) is 20.1. The maximum atomic E-state index is 5.87. The highest BCUT2D eigenvalue weighted by molar-refractivity contribution is 5.88. The molecule has 4 aromatic rings. The Morgan fingerprint density at radius 2 is 1.94 bits per heavy atom. The number of aryl methyl sites for hydroxylation is 1. The van der Waals surface area contributed by atoms with Gasteiger partial charge in [-0.15, -0.1) is 0 Å². The summed E-state index contributed by atoms with van der Waals surface area (Å²) in [6.45, 7) is 7.53. The van der Waals surface area contributed by atoms with Crippen LogP contribution in [0, 0.1) is 12.8 Å². The van der Waals surface area contributed by atoms with E-state index in [0.717, 1.165) is 43.4 Å². The molecule has 0 spiro atoms. The normalized spacial score (nSPS) is 19.6. The smallest absolute Gasteiger partial charge is 0.124 e. The maximum Gasteiger partial charge on any atom is 0.124 e. The second-order valence-corrected chi connectivity index (χ2v) is 9.94. The van der Waals surface area contributed by atoms with Crippen molar-refractivity contribution < 1.29 is 4.74 Å². The van der Waals surface area contributed by atoms with Crippen molar-refractivity contribution in [3.63, 3.8) is 0 Å². The molecule has 1 aliphatic carbocycles. The van der Waals surface area contributed by atoms with Gasteiger partial charge in [0.1, 0.15) is 5.75 Å². The van der Waals surface area contributed by atoms with E-state index in [0.29, 0.717) is 6.04 Å². The van der Waals surface area contributed by atoms with Crippen molar-refractivity contribution in [3.05, 3.63) is 71.7 Å². The summed E-state index contributed by atoms with van der Waals surface area (Å²) in [7, 11) is 1.79. The number of fused-ring (bicyclic) bond motifs is 1. The van der Waals surface area contributed by atoms with E-state index in [9.17, 15) is 0 Å². The number of piperazine rings is 1. The van der Waals surface area contributed by atoms with Crippen LogP contribution in [0.4, 0.5) is 0 Å². The third-order valence-electron chi connectivity index (χ3n) is 7.61. The minimum Gasteiger partial charge on any atom is -0.496 e. The highest BCUT2D eigenvalue weighted by Gasteiger charge is 2.32. The minimum absolute atomic E-state index is 0.353. The number of nitrogens with one attached hydrogen (secondary N) is 2. The first-order chi connectivity index (χ1) is 16.7. The van der Waals surface area contributed by atoms with Gasteiger partial charge in [-0.3, -0.25) is 14.9 Å². The number of rotatable bonds is 7. The number of ether oxygens (including phenoxy) is 1. The van der Waals surface area contributed by atoms with Gasteiger partial charge < -0.3 is 9.72 Å².